The Labute approximate surface area is 138 Å². The van der Waals surface area contributed by atoms with Crippen molar-refractivity contribution in [1.29, 1.82) is 0 Å². The topological polar surface area (TPSA) is 79.5 Å². The fourth-order valence-electron chi connectivity index (χ4n) is 1.75. The number of amides is 2. The van der Waals surface area contributed by atoms with Crippen molar-refractivity contribution in [3.63, 3.8) is 0 Å². The summed E-state index contributed by atoms with van der Waals surface area (Å²) in [5, 5.41) is 8.77. The zero-order chi connectivity index (χ0) is 17.3. The highest BCUT2D eigenvalue weighted by Gasteiger charge is 2.15. The van der Waals surface area contributed by atoms with Crippen molar-refractivity contribution >= 4 is 23.4 Å². The van der Waals surface area contributed by atoms with Crippen molar-refractivity contribution in [3.05, 3.63) is 24.3 Å². The summed E-state index contributed by atoms with van der Waals surface area (Å²) in [5.41, 5.74) is 1.28. The first-order chi connectivity index (χ1) is 10.8. The van der Waals surface area contributed by atoms with Crippen molar-refractivity contribution < 1.29 is 14.3 Å². The second-order valence-electron chi connectivity index (χ2n) is 6.19. The average Bonchev–Trinajstić information content (AvgIpc) is 2.46. The van der Waals surface area contributed by atoms with Crippen LogP contribution in [0.2, 0.25) is 0 Å². The number of hydrogen-bond acceptors (Lipinski definition) is 4. The van der Waals surface area contributed by atoms with E-state index >= 15 is 0 Å². The standard InChI is InChI=1S/C17H27N3O3/c1-5-15(21)20-14-9-7-13(8-10-14)18-11-6-12-19-16(22)23-17(2,3)4/h7-10,18H,5-6,11-12H2,1-4H3,(H,19,22)(H,20,21). The second-order valence-corrected chi connectivity index (χ2v) is 6.19. The van der Waals surface area contributed by atoms with E-state index in [0.29, 0.717) is 13.0 Å². The predicted octanol–water partition coefficient (Wildman–Crippen LogP) is 3.36. The fourth-order valence-corrected chi connectivity index (χ4v) is 1.75. The van der Waals surface area contributed by atoms with Crippen molar-refractivity contribution in [3.8, 4) is 0 Å². The molecule has 0 bridgehead atoms. The van der Waals surface area contributed by atoms with Gasteiger partial charge in [0.25, 0.3) is 0 Å². The van der Waals surface area contributed by atoms with Gasteiger partial charge in [-0.2, -0.15) is 0 Å². The number of carbonyl (C=O) groups excluding carboxylic acids is 2. The van der Waals surface area contributed by atoms with Crippen molar-refractivity contribution in [2.24, 2.45) is 0 Å². The van der Waals surface area contributed by atoms with Crippen LogP contribution in [0.3, 0.4) is 0 Å². The molecule has 0 unspecified atom stereocenters. The summed E-state index contributed by atoms with van der Waals surface area (Å²) in [4.78, 5) is 22.7. The molecular formula is C17H27N3O3. The Bertz CT molecular complexity index is 507. The summed E-state index contributed by atoms with van der Waals surface area (Å²) in [5.74, 6) is -0.000994. The van der Waals surface area contributed by atoms with Crippen LogP contribution < -0.4 is 16.0 Å². The lowest BCUT2D eigenvalue weighted by Gasteiger charge is -2.19. The lowest BCUT2D eigenvalue weighted by atomic mass is 10.2. The summed E-state index contributed by atoms with van der Waals surface area (Å²) in [6.07, 6.45) is 0.853. The third-order valence-corrected chi connectivity index (χ3v) is 2.84. The number of nitrogens with one attached hydrogen (secondary N) is 3. The molecule has 0 heterocycles. The van der Waals surface area contributed by atoms with Crippen LogP contribution in [-0.2, 0) is 9.53 Å². The number of rotatable bonds is 7. The van der Waals surface area contributed by atoms with Crippen LogP contribution in [0.5, 0.6) is 0 Å². The smallest absolute Gasteiger partial charge is 0.407 e. The zero-order valence-corrected chi connectivity index (χ0v) is 14.4. The summed E-state index contributed by atoms with van der Waals surface area (Å²) in [6, 6.07) is 7.53. The molecule has 128 valence electrons. The lowest BCUT2D eigenvalue weighted by Crippen LogP contribution is -2.33. The van der Waals surface area contributed by atoms with Gasteiger partial charge in [0.1, 0.15) is 5.60 Å². The van der Waals surface area contributed by atoms with Crippen LogP contribution in [0.1, 0.15) is 40.5 Å². The van der Waals surface area contributed by atoms with Crippen LogP contribution in [0.4, 0.5) is 16.2 Å². The van der Waals surface area contributed by atoms with E-state index in [1.807, 2.05) is 52.0 Å². The Kier molecular flexibility index (Phi) is 7.38. The number of carbonyl (C=O) groups is 2. The van der Waals surface area contributed by atoms with Crippen LogP contribution >= 0.6 is 0 Å². The van der Waals surface area contributed by atoms with E-state index < -0.39 is 11.7 Å². The molecular weight excluding hydrogens is 294 g/mol. The quantitative estimate of drug-likeness (QED) is 0.673. The van der Waals surface area contributed by atoms with Crippen LogP contribution in [0.25, 0.3) is 0 Å². The van der Waals surface area contributed by atoms with Crippen LogP contribution in [-0.4, -0.2) is 30.7 Å². The molecule has 0 aliphatic rings. The number of alkyl carbamates (subject to hydrolysis) is 1. The number of hydrogen-bond donors (Lipinski definition) is 3. The van der Waals surface area contributed by atoms with E-state index in [1.54, 1.807) is 0 Å². The van der Waals surface area contributed by atoms with E-state index in [1.165, 1.54) is 0 Å². The van der Waals surface area contributed by atoms with Crippen molar-refractivity contribution in [2.45, 2.75) is 46.1 Å². The van der Waals surface area contributed by atoms with Gasteiger partial charge < -0.3 is 20.7 Å². The molecule has 6 heteroatoms. The third-order valence-electron chi connectivity index (χ3n) is 2.84. The maximum absolute atomic E-state index is 11.5. The molecule has 1 aromatic rings. The zero-order valence-electron chi connectivity index (χ0n) is 14.4. The van der Waals surface area contributed by atoms with E-state index in [0.717, 1.165) is 24.3 Å². The van der Waals surface area contributed by atoms with Gasteiger partial charge in [-0.3, -0.25) is 4.79 Å². The molecule has 0 radical (unpaired) electrons. The van der Waals surface area contributed by atoms with E-state index in [4.69, 9.17) is 4.74 Å². The predicted molar refractivity (Wildman–Crippen MR) is 92.7 cm³/mol. The Morgan fingerprint density at radius 3 is 2.22 bits per heavy atom. The first kappa shape index (κ1) is 18.8. The first-order valence-corrected chi connectivity index (χ1v) is 7.91. The molecule has 1 rings (SSSR count). The molecule has 0 spiro atoms. The summed E-state index contributed by atoms with van der Waals surface area (Å²) in [7, 11) is 0. The minimum absolute atomic E-state index is 0.000994. The molecule has 23 heavy (non-hydrogen) atoms. The summed E-state index contributed by atoms with van der Waals surface area (Å²) < 4.78 is 5.15. The molecule has 6 nitrogen and oxygen atoms in total. The van der Waals surface area contributed by atoms with Gasteiger partial charge in [-0.1, -0.05) is 6.92 Å². The van der Waals surface area contributed by atoms with Gasteiger partial charge >= 0.3 is 6.09 Å². The van der Waals surface area contributed by atoms with Crippen molar-refractivity contribution in [1.82, 2.24) is 5.32 Å². The first-order valence-electron chi connectivity index (χ1n) is 7.91. The molecule has 3 N–H and O–H groups in total. The molecule has 0 fully saturated rings. The molecule has 0 saturated heterocycles. The van der Waals surface area contributed by atoms with Crippen LogP contribution in [0.15, 0.2) is 24.3 Å². The van der Waals surface area contributed by atoms with Gasteiger partial charge in [-0.25, -0.2) is 4.79 Å². The molecule has 0 aliphatic heterocycles. The monoisotopic (exact) mass is 321 g/mol. The molecule has 0 aromatic heterocycles. The molecule has 2 amide bonds. The van der Waals surface area contributed by atoms with Crippen LogP contribution in [0, 0.1) is 0 Å². The third kappa shape index (κ3) is 8.70. The Morgan fingerprint density at radius 1 is 1.04 bits per heavy atom. The summed E-state index contributed by atoms with van der Waals surface area (Å²) in [6.45, 7) is 8.60. The minimum Gasteiger partial charge on any atom is -0.444 e. The van der Waals surface area contributed by atoms with E-state index in [9.17, 15) is 9.59 Å². The lowest BCUT2D eigenvalue weighted by molar-refractivity contribution is -0.115. The minimum atomic E-state index is -0.475. The van der Waals surface area contributed by atoms with Gasteiger partial charge in [-0.15, -0.1) is 0 Å². The van der Waals surface area contributed by atoms with Crippen molar-refractivity contribution in [2.75, 3.05) is 23.7 Å². The molecule has 1 aromatic carbocycles. The number of benzene rings is 1. The molecule has 0 atom stereocenters. The normalized spacial score (nSPS) is 10.8. The Morgan fingerprint density at radius 2 is 1.65 bits per heavy atom. The van der Waals surface area contributed by atoms with Gasteiger partial charge in [-0.05, 0) is 51.5 Å². The Balaban J connectivity index is 2.21. The number of ether oxygens (including phenoxy) is 1. The Hall–Kier alpha value is -2.24. The molecule has 0 saturated carbocycles. The number of anilines is 2. The van der Waals surface area contributed by atoms with Gasteiger partial charge in [0, 0.05) is 30.9 Å². The SMILES string of the molecule is CCC(=O)Nc1ccc(NCCCNC(=O)OC(C)(C)C)cc1. The maximum Gasteiger partial charge on any atom is 0.407 e. The van der Waals surface area contributed by atoms with Gasteiger partial charge in [0.05, 0.1) is 0 Å². The average molecular weight is 321 g/mol. The van der Waals surface area contributed by atoms with Gasteiger partial charge in [0.2, 0.25) is 5.91 Å². The largest absolute Gasteiger partial charge is 0.444 e. The molecule has 0 aliphatic carbocycles. The summed E-state index contributed by atoms with van der Waals surface area (Å²) >= 11 is 0. The van der Waals surface area contributed by atoms with E-state index in [2.05, 4.69) is 16.0 Å². The second kappa shape index (κ2) is 9.02. The van der Waals surface area contributed by atoms with E-state index in [-0.39, 0.29) is 5.91 Å². The maximum atomic E-state index is 11.5. The highest BCUT2D eigenvalue weighted by molar-refractivity contribution is 5.90. The van der Waals surface area contributed by atoms with Gasteiger partial charge in [0.15, 0.2) is 0 Å². The fraction of sp³-hybridized carbons (Fsp3) is 0.529. The highest BCUT2D eigenvalue weighted by atomic mass is 16.6. The highest BCUT2D eigenvalue weighted by Crippen LogP contribution is 2.13.